The second-order valence-corrected chi connectivity index (χ2v) is 20.7. The van der Waals surface area contributed by atoms with Gasteiger partial charge in [0.25, 0.3) is 0 Å². The molecule has 1 aromatic rings. The Bertz CT molecular complexity index is 885. The number of nitrogens with zero attached hydrogens (tertiary/aromatic N) is 1. The summed E-state index contributed by atoms with van der Waals surface area (Å²) in [5.41, 5.74) is 1.23. The zero-order valence-corrected chi connectivity index (χ0v) is 22.9. The molecule has 3 unspecified atom stereocenters. The highest BCUT2D eigenvalue weighted by Gasteiger charge is 2.62. The predicted molar refractivity (Wildman–Crippen MR) is 134 cm³/mol. The van der Waals surface area contributed by atoms with E-state index >= 15 is 0 Å². The van der Waals surface area contributed by atoms with E-state index < -0.39 is 22.2 Å². The molecule has 5 nitrogen and oxygen atoms in total. The smallest absolute Gasteiger partial charge is 0.249 e. The Morgan fingerprint density at radius 2 is 1.72 bits per heavy atom. The van der Waals surface area contributed by atoms with Crippen molar-refractivity contribution in [2.75, 3.05) is 0 Å². The summed E-state index contributed by atoms with van der Waals surface area (Å²) in [5.74, 6) is -0.0339. The van der Waals surface area contributed by atoms with Gasteiger partial charge in [-0.3, -0.25) is 9.63 Å². The lowest BCUT2D eigenvalue weighted by Crippen LogP contribution is -2.73. The number of benzene rings is 1. The third-order valence-corrected chi connectivity index (χ3v) is 12.1. The molecule has 1 aliphatic heterocycles. The summed E-state index contributed by atoms with van der Waals surface area (Å²) in [5, 5.41) is 1.57. The lowest BCUT2D eigenvalue weighted by molar-refractivity contribution is -0.272. The minimum atomic E-state index is -2.12. The fourth-order valence-electron chi connectivity index (χ4n) is 3.85. The summed E-state index contributed by atoms with van der Waals surface area (Å²) in [6.07, 6.45) is 3.71. The van der Waals surface area contributed by atoms with Gasteiger partial charge in [-0.2, -0.15) is 0 Å². The number of carbonyl (C=O) groups is 1. The molecule has 0 N–H and O–H groups in total. The largest absolute Gasteiger partial charge is 0.409 e. The molecule has 0 bridgehead atoms. The molecule has 0 radical (unpaired) electrons. The van der Waals surface area contributed by atoms with Crippen molar-refractivity contribution < 1.29 is 18.5 Å². The van der Waals surface area contributed by atoms with E-state index in [4.69, 9.17) is 13.7 Å². The molecule has 3 rings (SSSR count). The summed E-state index contributed by atoms with van der Waals surface area (Å²) in [7, 11) is -4.10. The van der Waals surface area contributed by atoms with Gasteiger partial charge in [0.05, 0.1) is 12.5 Å². The topological polar surface area (TPSA) is 48.0 Å². The van der Waals surface area contributed by atoms with Gasteiger partial charge in [0.2, 0.25) is 5.91 Å². The molecular weight excluding hydrogens is 434 g/mol. The number of carbonyl (C=O) groups excluding carboxylic acids is 1. The highest BCUT2D eigenvalue weighted by molar-refractivity contribution is 6.74. The number of hydrogen-bond acceptors (Lipinski definition) is 4. The molecule has 32 heavy (non-hydrogen) atoms. The van der Waals surface area contributed by atoms with Crippen LogP contribution >= 0.6 is 0 Å². The summed E-state index contributed by atoms with van der Waals surface area (Å²) < 4.78 is 13.6. The third kappa shape index (κ3) is 5.02. The maximum Gasteiger partial charge on any atom is 0.249 e. The maximum atomic E-state index is 12.7. The summed E-state index contributed by atoms with van der Waals surface area (Å²) >= 11 is 0. The van der Waals surface area contributed by atoms with Gasteiger partial charge < -0.3 is 8.85 Å². The van der Waals surface area contributed by atoms with Crippen molar-refractivity contribution in [2.24, 2.45) is 0 Å². The lowest BCUT2D eigenvalue weighted by atomic mass is 9.73. The average molecular weight is 474 g/mol. The zero-order valence-electron chi connectivity index (χ0n) is 20.9. The van der Waals surface area contributed by atoms with Crippen LogP contribution in [0.15, 0.2) is 54.6 Å². The van der Waals surface area contributed by atoms with Crippen molar-refractivity contribution in [1.29, 1.82) is 0 Å². The first-order valence-electron chi connectivity index (χ1n) is 11.4. The van der Waals surface area contributed by atoms with Crippen LogP contribution in [-0.4, -0.2) is 45.4 Å². The van der Waals surface area contributed by atoms with Gasteiger partial charge in [-0.1, -0.05) is 69.8 Å². The van der Waals surface area contributed by atoms with Crippen LogP contribution in [-0.2, 0) is 25.1 Å². The van der Waals surface area contributed by atoms with E-state index in [1.807, 2.05) is 42.5 Å². The van der Waals surface area contributed by atoms with Crippen molar-refractivity contribution in [3.05, 3.63) is 60.2 Å². The molecule has 1 fully saturated rings. The summed E-state index contributed by atoms with van der Waals surface area (Å²) in [6.45, 7) is 22.3. The molecule has 176 valence electrons. The minimum absolute atomic E-state index is 0.0339. The quantitative estimate of drug-likeness (QED) is 0.369. The van der Waals surface area contributed by atoms with Crippen molar-refractivity contribution in [1.82, 2.24) is 5.06 Å². The van der Waals surface area contributed by atoms with Crippen LogP contribution in [0.25, 0.3) is 0 Å². The number of hydrogen-bond donors (Lipinski definition) is 0. The van der Waals surface area contributed by atoms with Gasteiger partial charge in [-0.15, -0.1) is 0 Å². The Morgan fingerprint density at radius 3 is 2.25 bits per heavy atom. The molecule has 1 saturated heterocycles. The molecule has 7 heteroatoms. The van der Waals surface area contributed by atoms with Crippen LogP contribution < -0.4 is 0 Å². The number of β-lactam (4-membered cyclic amide) rings is 1. The number of rotatable bonds is 7. The highest BCUT2D eigenvalue weighted by Crippen LogP contribution is 2.47. The fraction of sp³-hybridized carbons (Fsp3) is 0.560. The monoisotopic (exact) mass is 473 g/mol. The molecule has 0 saturated carbocycles. The first-order chi connectivity index (χ1) is 14.7. The summed E-state index contributed by atoms with van der Waals surface area (Å²) in [6, 6.07) is 9.90. The van der Waals surface area contributed by atoms with E-state index in [1.54, 1.807) is 0 Å². The van der Waals surface area contributed by atoms with Gasteiger partial charge in [0.15, 0.2) is 16.6 Å². The molecule has 0 aromatic heterocycles. The highest BCUT2D eigenvalue weighted by atomic mass is 28.4. The Morgan fingerprint density at radius 1 is 1.09 bits per heavy atom. The van der Waals surface area contributed by atoms with E-state index in [-0.39, 0.29) is 23.2 Å². The van der Waals surface area contributed by atoms with Crippen molar-refractivity contribution in [3.8, 4) is 0 Å². The first kappa shape index (κ1) is 25.1. The van der Waals surface area contributed by atoms with E-state index in [2.05, 4.69) is 60.1 Å². The second kappa shape index (κ2) is 8.68. The maximum absolute atomic E-state index is 12.7. The van der Waals surface area contributed by atoms with E-state index in [0.29, 0.717) is 13.0 Å². The molecule has 1 aliphatic carbocycles. The summed E-state index contributed by atoms with van der Waals surface area (Å²) in [4.78, 5) is 18.8. The van der Waals surface area contributed by atoms with Gasteiger partial charge in [-0.05, 0) is 48.9 Å². The average Bonchev–Trinajstić information content (AvgIpc) is 2.65. The minimum Gasteiger partial charge on any atom is -0.409 e. The SMILES string of the molecule is C=C1C=CC2(CC(=O)N2OCc2ccccc2)C(O[Si](C)(C)C)C1O[Si](C)(C)C(C)(C)C. The van der Waals surface area contributed by atoms with E-state index in [9.17, 15) is 4.79 Å². The van der Waals surface area contributed by atoms with Gasteiger partial charge in [0.1, 0.15) is 18.2 Å². The lowest BCUT2D eigenvalue weighted by Gasteiger charge is -2.57. The molecule has 1 heterocycles. The van der Waals surface area contributed by atoms with E-state index in [0.717, 1.165) is 11.1 Å². The Labute approximate surface area is 195 Å². The van der Waals surface area contributed by atoms with Crippen LogP contribution in [0.4, 0.5) is 0 Å². The number of hydroxylamine groups is 2. The van der Waals surface area contributed by atoms with Crippen LogP contribution in [0.2, 0.25) is 37.8 Å². The van der Waals surface area contributed by atoms with Gasteiger partial charge >= 0.3 is 0 Å². The Balaban J connectivity index is 1.94. The normalized spacial score (nSPS) is 26.6. The van der Waals surface area contributed by atoms with Crippen LogP contribution in [0.5, 0.6) is 0 Å². The first-order valence-corrected chi connectivity index (χ1v) is 17.7. The number of amides is 1. The van der Waals surface area contributed by atoms with Crippen molar-refractivity contribution >= 4 is 22.5 Å². The zero-order chi connectivity index (χ0) is 23.9. The van der Waals surface area contributed by atoms with Crippen LogP contribution in [0.3, 0.4) is 0 Å². The third-order valence-electron chi connectivity index (χ3n) is 6.67. The van der Waals surface area contributed by atoms with Gasteiger partial charge in [-0.25, -0.2) is 5.06 Å². The second-order valence-electron chi connectivity index (χ2n) is 11.5. The molecular formula is C25H39NO4Si2. The predicted octanol–water partition coefficient (Wildman–Crippen LogP) is 5.83. The van der Waals surface area contributed by atoms with Crippen LogP contribution in [0.1, 0.15) is 32.8 Å². The fourth-order valence-corrected chi connectivity index (χ4v) is 6.20. The molecule has 3 atom stereocenters. The Kier molecular flexibility index (Phi) is 6.82. The molecule has 1 spiro atoms. The van der Waals surface area contributed by atoms with Crippen molar-refractivity contribution in [3.63, 3.8) is 0 Å². The van der Waals surface area contributed by atoms with Crippen LogP contribution in [0, 0.1) is 0 Å². The Hall–Kier alpha value is -1.52. The van der Waals surface area contributed by atoms with Crippen molar-refractivity contribution in [2.45, 2.75) is 89.3 Å². The standard InChI is InChI=1S/C25H39NO4Si2/c1-19-15-16-25(17-21(27)26(25)28-18-20-13-11-10-12-14-20)23(30-31(5,6)7)22(19)29-32(8,9)24(2,3)4/h10-16,22-23H,1,17-18H2,2-9H3. The van der Waals surface area contributed by atoms with E-state index in [1.165, 1.54) is 5.06 Å². The molecule has 1 aromatic carbocycles. The van der Waals surface area contributed by atoms with Gasteiger partial charge in [0, 0.05) is 0 Å². The molecule has 2 aliphatic rings. The molecule has 1 amide bonds.